The fourth-order valence-corrected chi connectivity index (χ4v) is 0.432. The maximum Gasteiger partial charge on any atom is 0.0360 e. The van der Waals surface area contributed by atoms with Crippen LogP contribution in [0.5, 0.6) is 0 Å². The molecule has 0 aliphatic rings. The normalized spacial score (nSPS) is 12.9. The maximum absolute atomic E-state index is 4.24. The molecule has 0 aromatic carbocycles. The van der Waals surface area contributed by atoms with E-state index < -0.39 is 0 Å². The molecule has 0 unspecified atom stereocenters. The van der Waals surface area contributed by atoms with Gasteiger partial charge in [0.25, 0.3) is 0 Å². The zero-order chi connectivity index (χ0) is 6.57. The van der Waals surface area contributed by atoms with E-state index in [1.54, 1.807) is 0 Å². The van der Waals surface area contributed by atoms with Crippen molar-refractivity contribution in [3.63, 3.8) is 0 Å². The summed E-state index contributed by atoms with van der Waals surface area (Å²) in [5.41, 5.74) is 1.26. The van der Waals surface area contributed by atoms with Gasteiger partial charge in [-0.1, -0.05) is 13.8 Å². The Bertz CT molecular complexity index is 82.4. The van der Waals surface area contributed by atoms with E-state index in [4.69, 9.17) is 0 Å². The third-order valence-corrected chi connectivity index (χ3v) is 1.24. The van der Waals surface area contributed by atoms with E-state index >= 15 is 0 Å². The predicted octanol–water partition coefficient (Wildman–Crippen LogP) is 2.12. The molecule has 0 rings (SSSR count). The first-order valence-corrected chi connectivity index (χ1v) is 3.19. The van der Waals surface area contributed by atoms with Crippen LogP contribution >= 0.6 is 0 Å². The van der Waals surface area contributed by atoms with Gasteiger partial charge in [-0.05, 0) is 19.8 Å². The van der Waals surface area contributed by atoms with Gasteiger partial charge in [0.2, 0.25) is 0 Å². The maximum atomic E-state index is 4.24. The van der Waals surface area contributed by atoms with E-state index in [1.165, 1.54) is 5.71 Å². The fraction of sp³-hybridized carbons (Fsp3) is 0.857. The second kappa shape index (κ2) is 3.65. The molecule has 0 saturated heterocycles. The molecule has 1 heteroatoms. The van der Waals surface area contributed by atoms with Crippen LogP contribution in [0.2, 0.25) is 0 Å². The monoisotopic (exact) mass is 113 g/mol. The summed E-state index contributed by atoms with van der Waals surface area (Å²) in [6.45, 7) is 9.38. The number of hydrogen-bond acceptors (Lipinski definition) is 1. The third-order valence-electron chi connectivity index (χ3n) is 1.24. The Labute approximate surface area is 51.8 Å². The van der Waals surface area contributed by atoms with Gasteiger partial charge in [0.05, 0.1) is 0 Å². The highest BCUT2D eigenvalue weighted by molar-refractivity contribution is 5.83. The SMILES string of the molecule is CC/N=C(\C)C(C)C. The van der Waals surface area contributed by atoms with Gasteiger partial charge in [-0.25, -0.2) is 0 Å². The molecule has 0 atom stereocenters. The lowest BCUT2D eigenvalue weighted by Gasteiger charge is -2.00. The van der Waals surface area contributed by atoms with E-state index in [2.05, 4.69) is 32.7 Å². The van der Waals surface area contributed by atoms with Crippen LogP contribution in [0.4, 0.5) is 0 Å². The van der Waals surface area contributed by atoms with Crippen LogP contribution in [0.1, 0.15) is 27.7 Å². The molecular formula is C7H15N. The molecule has 48 valence electrons. The summed E-state index contributed by atoms with van der Waals surface area (Å²) in [6, 6.07) is 0. The zero-order valence-electron chi connectivity index (χ0n) is 6.23. The van der Waals surface area contributed by atoms with E-state index in [1.807, 2.05) is 0 Å². The second-order valence-corrected chi connectivity index (χ2v) is 2.27. The largest absolute Gasteiger partial charge is 0.294 e. The van der Waals surface area contributed by atoms with Crippen molar-refractivity contribution >= 4 is 5.71 Å². The van der Waals surface area contributed by atoms with Crippen LogP contribution in [-0.4, -0.2) is 12.3 Å². The molecule has 0 bridgehead atoms. The highest BCUT2D eigenvalue weighted by Gasteiger charge is 1.93. The molecular weight excluding hydrogens is 98.1 g/mol. The lowest BCUT2D eigenvalue weighted by molar-refractivity contribution is 0.866. The summed E-state index contributed by atoms with van der Waals surface area (Å²) in [7, 11) is 0. The first-order valence-electron chi connectivity index (χ1n) is 3.19. The van der Waals surface area contributed by atoms with Gasteiger partial charge < -0.3 is 0 Å². The Morgan fingerprint density at radius 1 is 1.50 bits per heavy atom. The van der Waals surface area contributed by atoms with Gasteiger partial charge >= 0.3 is 0 Å². The molecule has 0 amide bonds. The summed E-state index contributed by atoms with van der Waals surface area (Å²) in [6.07, 6.45) is 0. The van der Waals surface area contributed by atoms with Gasteiger partial charge in [0.1, 0.15) is 0 Å². The summed E-state index contributed by atoms with van der Waals surface area (Å²) in [4.78, 5) is 4.24. The van der Waals surface area contributed by atoms with Gasteiger partial charge in [-0.3, -0.25) is 4.99 Å². The molecule has 0 aromatic rings. The molecule has 1 nitrogen and oxygen atoms in total. The predicted molar refractivity (Wildman–Crippen MR) is 38.5 cm³/mol. The van der Waals surface area contributed by atoms with Gasteiger partial charge in [-0.15, -0.1) is 0 Å². The molecule has 0 radical (unpaired) electrons. The summed E-state index contributed by atoms with van der Waals surface area (Å²) in [5, 5.41) is 0. The van der Waals surface area contributed by atoms with Crippen LogP contribution in [0.15, 0.2) is 4.99 Å². The average Bonchev–Trinajstić information content (AvgIpc) is 1.67. The quantitative estimate of drug-likeness (QED) is 0.486. The first-order chi connectivity index (χ1) is 3.68. The van der Waals surface area contributed by atoms with Crippen molar-refractivity contribution in [3.8, 4) is 0 Å². The molecule has 0 saturated carbocycles. The van der Waals surface area contributed by atoms with Crippen molar-refractivity contribution in [2.75, 3.05) is 6.54 Å². The number of rotatable bonds is 2. The van der Waals surface area contributed by atoms with Crippen LogP contribution in [0, 0.1) is 5.92 Å². The molecule has 8 heavy (non-hydrogen) atoms. The Balaban J connectivity index is 3.61. The van der Waals surface area contributed by atoms with Crippen molar-refractivity contribution < 1.29 is 0 Å². The standard InChI is InChI=1S/C7H15N/c1-5-8-7(4)6(2)3/h6H,5H2,1-4H3/b8-7+. The summed E-state index contributed by atoms with van der Waals surface area (Å²) >= 11 is 0. The van der Waals surface area contributed by atoms with Crippen LogP contribution in [0.3, 0.4) is 0 Å². The van der Waals surface area contributed by atoms with Crippen LogP contribution < -0.4 is 0 Å². The van der Waals surface area contributed by atoms with Crippen molar-refractivity contribution in [2.45, 2.75) is 27.7 Å². The molecule has 0 fully saturated rings. The first kappa shape index (κ1) is 7.67. The Kier molecular flexibility index (Phi) is 3.49. The third kappa shape index (κ3) is 2.78. The van der Waals surface area contributed by atoms with Crippen molar-refractivity contribution in [3.05, 3.63) is 0 Å². The minimum atomic E-state index is 0.620. The molecule has 0 heterocycles. The Hall–Kier alpha value is -0.330. The Morgan fingerprint density at radius 3 is 2.12 bits per heavy atom. The average molecular weight is 113 g/mol. The topological polar surface area (TPSA) is 12.4 Å². The molecule has 0 aliphatic carbocycles. The van der Waals surface area contributed by atoms with Gasteiger partial charge in [0.15, 0.2) is 0 Å². The second-order valence-electron chi connectivity index (χ2n) is 2.27. The van der Waals surface area contributed by atoms with Gasteiger partial charge in [-0.2, -0.15) is 0 Å². The molecule has 0 aliphatic heterocycles. The lowest BCUT2D eigenvalue weighted by atomic mass is 10.1. The Morgan fingerprint density at radius 2 is 2.00 bits per heavy atom. The van der Waals surface area contributed by atoms with Crippen LogP contribution in [0.25, 0.3) is 0 Å². The van der Waals surface area contributed by atoms with Crippen LogP contribution in [-0.2, 0) is 0 Å². The minimum absolute atomic E-state index is 0.620. The highest BCUT2D eigenvalue weighted by atomic mass is 14.7. The zero-order valence-corrected chi connectivity index (χ0v) is 6.23. The van der Waals surface area contributed by atoms with E-state index in [0.717, 1.165) is 6.54 Å². The number of hydrogen-bond donors (Lipinski definition) is 0. The van der Waals surface area contributed by atoms with Crippen molar-refractivity contribution in [1.82, 2.24) is 0 Å². The number of aliphatic imine (C=N–C) groups is 1. The molecule has 0 spiro atoms. The minimum Gasteiger partial charge on any atom is -0.294 e. The molecule has 0 aromatic heterocycles. The van der Waals surface area contributed by atoms with Crippen molar-refractivity contribution in [2.24, 2.45) is 10.9 Å². The summed E-state index contributed by atoms with van der Waals surface area (Å²) in [5.74, 6) is 0.620. The summed E-state index contributed by atoms with van der Waals surface area (Å²) < 4.78 is 0. The fourth-order valence-electron chi connectivity index (χ4n) is 0.432. The molecule has 0 N–H and O–H groups in total. The highest BCUT2D eigenvalue weighted by Crippen LogP contribution is 1.94. The van der Waals surface area contributed by atoms with E-state index in [9.17, 15) is 0 Å². The van der Waals surface area contributed by atoms with E-state index in [0.29, 0.717) is 5.92 Å². The smallest absolute Gasteiger partial charge is 0.0360 e. The lowest BCUT2D eigenvalue weighted by Crippen LogP contribution is -2.01. The van der Waals surface area contributed by atoms with Gasteiger partial charge in [0, 0.05) is 12.3 Å². The number of nitrogens with zero attached hydrogens (tertiary/aromatic N) is 1. The van der Waals surface area contributed by atoms with Crippen molar-refractivity contribution in [1.29, 1.82) is 0 Å². The van der Waals surface area contributed by atoms with E-state index in [-0.39, 0.29) is 0 Å².